The monoisotopic (exact) mass is 267 g/mol. The number of rotatable bonds is 4. The van der Waals surface area contributed by atoms with E-state index in [1.165, 1.54) is 6.07 Å². The Hall–Kier alpha value is -2.47. The van der Waals surface area contributed by atoms with Gasteiger partial charge in [-0.2, -0.15) is 0 Å². The molecule has 2 rings (SSSR count). The van der Waals surface area contributed by atoms with E-state index in [1.54, 1.807) is 0 Å². The second-order valence-electron chi connectivity index (χ2n) is 4.95. The Morgan fingerprint density at radius 3 is 2.85 bits per heavy atom. The SMILES string of the molecule is C#CCN(CC(=C)C)c1ccc2c(C)cc(=O)oc2c1. The van der Waals surface area contributed by atoms with Crippen LogP contribution in [0, 0.1) is 19.3 Å². The zero-order valence-corrected chi connectivity index (χ0v) is 11.8. The maximum Gasteiger partial charge on any atom is 0.336 e. The van der Waals surface area contributed by atoms with Crippen LogP contribution in [0.25, 0.3) is 11.0 Å². The molecule has 0 aliphatic rings. The standard InChI is InChI=1S/C17H17NO2/c1-5-8-18(11-12(2)3)14-6-7-15-13(4)9-17(19)20-16(15)10-14/h1,6-7,9-10H,2,8,11H2,3-4H3. The van der Waals surface area contributed by atoms with Crippen LogP contribution in [0.2, 0.25) is 0 Å². The van der Waals surface area contributed by atoms with Crippen molar-refractivity contribution in [3.05, 3.63) is 52.4 Å². The Morgan fingerprint density at radius 2 is 2.20 bits per heavy atom. The van der Waals surface area contributed by atoms with E-state index in [1.807, 2.05) is 36.9 Å². The topological polar surface area (TPSA) is 33.5 Å². The van der Waals surface area contributed by atoms with E-state index in [0.717, 1.165) is 22.2 Å². The number of terminal acetylenes is 1. The molecule has 2 aromatic rings. The van der Waals surface area contributed by atoms with Gasteiger partial charge in [0.2, 0.25) is 0 Å². The molecule has 0 radical (unpaired) electrons. The predicted octanol–water partition coefficient (Wildman–Crippen LogP) is 3.12. The third-order valence-electron chi connectivity index (χ3n) is 3.04. The highest BCUT2D eigenvalue weighted by Crippen LogP contribution is 2.23. The minimum Gasteiger partial charge on any atom is -0.423 e. The summed E-state index contributed by atoms with van der Waals surface area (Å²) in [6, 6.07) is 7.28. The number of fused-ring (bicyclic) bond motifs is 1. The van der Waals surface area contributed by atoms with Crippen molar-refractivity contribution in [1.29, 1.82) is 0 Å². The van der Waals surface area contributed by atoms with E-state index in [9.17, 15) is 4.79 Å². The zero-order valence-electron chi connectivity index (χ0n) is 11.8. The lowest BCUT2D eigenvalue weighted by Gasteiger charge is -2.22. The van der Waals surface area contributed by atoms with E-state index >= 15 is 0 Å². The van der Waals surface area contributed by atoms with Crippen molar-refractivity contribution < 1.29 is 4.42 Å². The molecule has 0 fully saturated rings. The van der Waals surface area contributed by atoms with Crippen LogP contribution >= 0.6 is 0 Å². The minimum absolute atomic E-state index is 0.337. The van der Waals surface area contributed by atoms with E-state index in [0.29, 0.717) is 18.7 Å². The van der Waals surface area contributed by atoms with Crippen LogP contribution in [0.3, 0.4) is 0 Å². The van der Waals surface area contributed by atoms with Crippen molar-refractivity contribution >= 4 is 16.7 Å². The summed E-state index contributed by atoms with van der Waals surface area (Å²) < 4.78 is 5.26. The van der Waals surface area contributed by atoms with Gasteiger partial charge in [-0.1, -0.05) is 18.1 Å². The van der Waals surface area contributed by atoms with Crippen molar-refractivity contribution in [2.45, 2.75) is 13.8 Å². The number of anilines is 1. The van der Waals surface area contributed by atoms with Crippen molar-refractivity contribution in [2.75, 3.05) is 18.0 Å². The molecule has 1 aromatic carbocycles. The largest absolute Gasteiger partial charge is 0.423 e. The third kappa shape index (κ3) is 2.92. The minimum atomic E-state index is -0.337. The molecular weight excluding hydrogens is 250 g/mol. The second kappa shape index (κ2) is 5.66. The summed E-state index contributed by atoms with van der Waals surface area (Å²) in [5, 5.41) is 0.935. The number of hydrogen-bond acceptors (Lipinski definition) is 3. The fourth-order valence-electron chi connectivity index (χ4n) is 2.18. The first-order chi connectivity index (χ1) is 9.51. The van der Waals surface area contributed by atoms with E-state index in [4.69, 9.17) is 10.8 Å². The summed E-state index contributed by atoms with van der Waals surface area (Å²) in [7, 11) is 0. The van der Waals surface area contributed by atoms with Crippen LogP contribution in [-0.2, 0) is 0 Å². The maximum atomic E-state index is 11.5. The summed E-state index contributed by atoms with van der Waals surface area (Å²) in [6.45, 7) is 8.91. The van der Waals surface area contributed by atoms with Gasteiger partial charge in [-0.15, -0.1) is 6.42 Å². The van der Waals surface area contributed by atoms with Crippen molar-refractivity contribution in [2.24, 2.45) is 0 Å². The maximum absolute atomic E-state index is 11.5. The molecule has 3 heteroatoms. The summed E-state index contributed by atoms with van der Waals surface area (Å²) in [5.74, 6) is 2.63. The number of benzene rings is 1. The lowest BCUT2D eigenvalue weighted by Crippen LogP contribution is -2.25. The van der Waals surface area contributed by atoms with E-state index < -0.39 is 0 Å². The molecule has 102 valence electrons. The van der Waals surface area contributed by atoms with E-state index in [2.05, 4.69) is 12.5 Å². The first kappa shape index (κ1) is 14.0. The van der Waals surface area contributed by atoms with Gasteiger partial charge in [0.25, 0.3) is 0 Å². The molecule has 0 spiro atoms. The molecule has 1 heterocycles. The van der Waals surface area contributed by atoms with Crippen LogP contribution in [0.15, 0.2) is 45.6 Å². The highest BCUT2D eigenvalue weighted by molar-refractivity contribution is 5.83. The Bertz CT molecular complexity index is 750. The molecule has 0 aliphatic heterocycles. The highest BCUT2D eigenvalue weighted by Gasteiger charge is 2.09. The summed E-state index contributed by atoms with van der Waals surface area (Å²) in [4.78, 5) is 13.5. The van der Waals surface area contributed by atoms with Crippen molar-refractivity contribution in [3.8, 4) is 12.3 Å². The fourth-order valence-corrected chi connectivity index (χ4v) is 2.18. The molecular formula is C17H17NO2. The summed E-state index contributed by atoms with van der Waals surface area (Å²) in [5.41, 5.74) is 3.09. The van der Waals surface area contributed by atoms with Gasteiger partial charge in [0.15, 0.2) is 0 Å². The van der Waals surface area contributed by atoms with Gasteiger partial charge in [0, 0.05) is 29.8 Å². The van der Waals surface area contributed by atoms with Gasteiger partial charge in [0.1, 0.15) is 5.58 Å². The third-order valence-corrected chi connectivity index (χ3v) is 3.04. The molecule has 1 aromatic heterocycles. The summed E-state index contributed by atoms with van der Waals surface area (Å²) in [6.07, 6.45) is 5.41. The average molecular weight is 267 g/mol. The van der Waals surface area contributed by atoms with Crippen molar-refractivity contribution in [3.63, 3.8) is 0 Å². The van der Waals surface area contributed by atoms with Gasteiger partial charge in [-0.3, -0.25) is 0 Å². The van der Waals surface area contributed by atoms with Gasteiger partial charge in [0.05, 0.1) is 6.54 Å². The van der Waals surface area contributed by atoms with E-state index in [-0.39, 0.29) is 5.63 Å². The predicted molar refractivity (Wildman–Crippen MR) is 83.1 cm³/mol. The van der Waals surface area contributed by atoms with Crippen LogP contribution in [0.1, 0.15) is 12.5 Å². The van der Waals surface area contributed by atoms with Crippen LogP contribution in [-0.4, -0.2) is 13.1 Å². The smallest absolute Gasteiger partial charge is 0.336 e. The molecule has 0 saturated heterocycles. The lowest BCUT2D eigenvalue weighted by molar-refractivity contribution is 0.560. The number of aryl methyl sites for hydroxylation is 1. The first-order valence-corrected chi connectivity index (χ1v) is 6.38. The molecule has 0 N–H and O–H groups in total. The molecule has 0 aliphatic carbocycles. The Balaban J connectivity index is 2.51. The number of nitrogens with zero attached hydrogens (tertiary/aromatic N) is 1. The van der Waals surface area contributed by atoms with Gasteiger partial charge < -0.3 is 9.32 Å². The Morgan fingerprint density at radius 1 is 1.45 bits per heavy atom. The zero-order chi connectivity index (χ0) is 14.7. The average Bonchev–Trinajstić information content (AvgIpc) is 2.36. The summed E-state index contributed by atoms with van der Waals surface area (Å²) >= 11 is 0. The normalized spacial score (nSPS) is 10.2. The molecule has 0 bridgehead atoms. The van der Waals surface area contributed by atoms with Crippen LogP contribution in [0.5, 0.6) is 0 Å². The van der Waals surface area contributed by atoms with Crippen LogP contribution in [0.4, 0.5) is 5.69 Å². The Labute approximate surface area is 118 Å². The molecule has 0 saturated carbocycles. The fraction of sp³-hybridized carbons (Fsp3) is 0.235. The molecule has 20 heavy (non-hydrogen) atoms. The molecule has 3 nitrogen and oxygen atoms in total. The van der Waals surface area contributed by atoms with Crippen molar-refractivity contribution in [1.82, 2.24) is 0 Å². The first-order valence-electron chi connectivity index (χ1n) is 6.38. The van der Waals surface area contributed by atoms with Crippen LogP contribution < -0.4 is 10.5 Å². The molecule has 0 amide bonds. The molecule has 0 atom stereocenters. The van der Waals surface area contributed by atoms with Gasteiger partial charge in [-0.25, -0.2) is 4.79 Å². The lowest BCUT2D eigenvalue weighted by atomic mass is 10.1. The second-order valence-corrected chi connectivity index (χ2v) is 4.95. The molecule has 0 unspecified atom stereocenters. The Kier molecular flexibility index (Phi) is 3.95. The number of hydrogen-bond donors (Lipinski definition) is 0. The quantitative estimate of drug-likeness (QED) is 0.485. The van der Waals surface area contributed by atoms with Gasteiger partial charge in [-0.05, 0) is 31.5 Å². The highest BCUT2D eigenvalue weighted by atomic mass is 16.4. The van der Waals surface area contributed by atoms with Gasteiger partial charge >= 0.3 is 5.63 Å².